The molecule has 3 rings (SSSR count). The third kappa shape index (κ3) is 3.20. The van der Waals surface area contributed by atoms with Crippen molar-refractivity contribution in [3.05, 3.63) is 11.1 Å². The van der Waals surface area contributed by atoms with Crippen molar-refractivity contribution in [3.8, 4) is 10.6 Å². The van der Waals surface area contributed by atoms with E-state index in [0.717, 1.165) is 40.8 Å². The van der Waals surface area contributed by atoms with E-state index in [1.165, 1.54) is 24.4 Å². The summed E-state index contributed by atoms with van der Waals surface area (Å²) in [5, 5.41) is 4.07. The number of likely N-dealkylation sites (N-methyl/N-ethyl adjacent to an activating group) is 1. The van der Waals surface area contributed by atoms with Gasteiger partial charge in [0.2, 0.25) is 0 Å². The molecule has 1 fully saturated rings. The maximum Gasteiger partial charge on any atom is 0.149 e. The lowest BCUT2D eigenvalue weighted by Gasteiger charge is -2.28. The van der Waals surface area contributed by atoms with E-state index in [4.69, 9.17) is 10.5 Å². The van der Waals surface area contributed by atoms with Crippen LogP contribution in [-0.2, 0) is 4.74 Å². The molecule has 0 spiro atoms. The predicted octanol–water partition coefficient (Wildman–Crippen LogP) is 3.16. The van der Waals surface area contributed by atoms with Gasteiger partial charge in [0.1, 0.15) is 15.8 Å². The number of nitrogens with two attached hydrogens (primary N) is 1. The molecule has 2 N–H and O–H groups in total. The first kappa shape index (κ1) is 14.7. The summed E-state index contributed by atoms with van der Waals surface area (Å²) < 4.78 is 10.1. The van der Waals surface area contributed by atoms with E-state index < -0.39 is 0 Å². The smallest absolute Gasteiger partial charge is 0.149 e. The molecule has 0 bridgehead atoms. The van der Waals surface area contributed by atoms with Crippen molar-refractivity contribution < 1.29 is 4.74 Å². The monoisotopic (exact) mass is 324 g/mol. The Morgan fingerprint density at radius 3 is 3.00 bits per heavy atom. The first-order chi connectivity index (χ1) is 10.1. The molecule has 2 aromatic rings. The molecule has 21 heavy (non-hydrogen) atoms. The van der Waals surface area contributed by atoms with Crippen LogP contribution in [0.15, 0.2) is 5.38 Å². The summed E-state index contributed by atoms with van der Waals surface area (Å²) in [7, 11) is 2.08. The van der Waals surface area contributed by atoms with Gasteiger partial charge in [-0.1, -0.05) is 0 Å². The van der Waals surface area contributed by atoms with Gasteiger partial charge in [-0.05, 0) is 37.7 Å². The Bertz CT molecular complexity index is 604. The van der Waals surface area contributed by atoms with Gasteiger partial charge in [0.15, 0.2) is 0 Å². The Labute approximate surface area is 132 Å². The highest BCUT2D eigenvalue weighted by atomic mass is 32.1. The number of hydrogen-bond donors (Lipinski definition) is 1. The molecule has 0 aromatic carbocycles. The number of aryl methyl sites for hydroxylation is 1. The van der Waals surface area contributed by atoms with Gasteiger partial charge in [0, 0.05) is 31.3 Å². The molecule has 1 aliphatic heterocycles. The van der Waals surface area contributed by atoms with Gasteiger partial charge in [-0.25, -0.2) is 4.98 Å². The van der Waals surface area contributed by atoms with E-state index >= 15 is 0 Å². The van der Waals surface area contributed by atoms with Crippen molar-refractivity contribution in [2.24, 2.45) is 0 Å². The fourth-order valence-corrected chi connectivity index (χ4v) is 4.26. The SMILES string of the molecule is Cc1csc(-c2c(N)nsc2N(C)CC2CCCCO2)n1. The summed E-state index contributed by atoms with van der Waals surface area (Å²) >= 11 is 3.06. The molecule has 0 radical (unpaired) electrons. The van der Waals surface area contributed by atoms with Crippen LogP contribution in [0, 0.1) is 6.92 Å². The fraction of sp³-hybridized carbons (Fsp3) is 0.571. The second-order valence-corrected chi connectivity index (χ2v) is 7.02. The summed E-state index contributed by atoms with van der Waals surface area (Å²) in [6, 6.07) is 0. The first-order valence-electron chi connectivity index (χ1n) is 7.15. The predicted molar refractivity (Wildman–Crippen MR) is 89.2 cm³/mol. The number of thiazole rings is 1. The average molecular weight is 324 g/mol. The Kier molecular flexibility index (Phi) is 4.42. The number of aromatic nitrogens is 2. The summed E-state index contributed by atoms with van der Waals surface area (Å²) in [6.45, 7) is 3.75. The molecule has 1 unspecified atom stereocenters. The minimum atomic E-state index is 0.304. The standard InChI is InChI=1S/C14H20N4OS2/c1-9-8-20-13(16-9)11-12(15)17-21-14(11)18(2)7-10-5-3-4-6-19-10/h8,10H,3-7H2,1-2H3,(H2,15,17). The Balaban J connectivity index is 1.81. The van der Waals surface area contributed by atoms with Crippen molar-refractivity contribution in [1.29, 1.82) is 0 Å². The minimum absolute atomic E-state index is 0.304. The molecule has 1 saturated heterocycles. The van der Waals surface area contributed by atoms with Crippen LogP contribution in [0.1, 0.15) is 25.0 Å². The lowest BCUT2D eigenvalue weighted by molar-refractivity contribution is 0.0217. The van der Waals surface area contributed by atoms with Gasteiger partial charge < -0.3 is 15.4 Å². The third-order valence-corrected chi connectivity index (χ3v) is 5.59. The maximum atomic E-state index is 6.06. The number of hydrogen-bond acceptors (Lipinski definition) is 7. The average Bonchev–Trinajstić information content (AvgIpc) is 3.05. The number of nitrogen functional groups attached to an aromatic ring is 1. The molecule has 3 heterocycles. The minimum Gasteiger partial charge on any atom is -0.382 e. The topological polar surface area (TPSA) is 64.3 Å². The number of nitrogens with zero attached hydrogens (tertiary/aromatic N) is 3. The molecule has 114 valence electrons. The fourth-order valence-electron chi connectivity index (χ4n) is 2.56. The molecule has 1 atom stereocenters. The van der Waals surface area contributed by atoms with Gasteiger partial charge >= 0.3 is 0 Å². The van der Waals surface area contributed by atoms with E-state index in [1.807, 2.05) is 12.3 Å². The quantitative estimate of drug-likeness (QED) is 0.936. The molecule has 2 aromatic heterocycles. The largest absolute Gasteiger partial charge is 0.382 e. The van der Waals surface area contributed by atoms with E-state index in [0.29, 0.717) is 11.9 Å². The number of rotatable bonds is 4. The molecule has 0 amide bonds. The molecule has 5 nitrogen and oxygen atoms in total. The second-order valence-electron chi connectivity index (χ2n) is 5.41. The molecule has 7 heteroatoms. The Morgan fingerprint density at radius 2 is 2.33 bits per heavy atom. The van der Waals surface area contributed by atoms with Crippen molar-refractivity contribution >= 4 is 33.7 Å². The molecule has 1 aliphatic rings. The Hall–Kier alpha value is -1.18. The Morgan fingerprint density at radius 1 is 1.48 bits per heavy atom. The number of ether oxygens (including phenoxy) is 1. The van der Waals surface area contributed by atoms with E-state index in [9.17, 15) is 0 Å². The highest BCUT2D eigenvalue weighted by molar-refractivity contribution is 7.15. The highest BCUT2D eigenvalue weighted by Crippen LogP contribution is 2.40. The zero-order valence-corrected chi connectivity index (χ0v) is 14.0. The molecule has 0 saturated carbocycles. The number of anilines is 2. The first-order valence-corrected chi connectivity index (χ1v) is 8.81. The van der Waals surface area contributed by atoms with E-state index in [2.05, 4.69) is 21.3 Å². The third-order valence-electron chi connectivity index (χ3n) is 3.63. The van der Waals surface area contributed by atoms with Crippen LogP contribution < -0.4 is 10.6 Å². The van der Waals surface area contributed by atoms with Gasteiger partial charge in [0.25, 0.3) is 0 Å². The van der Waals surface area contributed by atoms with Crippen LogP contribution in [0.3, 0.4) is 0 Å². The lowest BCUT2D eigenvalue weighted by atomic mass is 10.1. The van der Waals surface area contributed by atoms with Crippen molar-refractivity contribution in [2.45, 2.75) is 32.3 Å². The zero-order chi connectivity index (χ0) is 14.8. The highest BCUT2D eigenvalue weighted by Gasteiger charge is 2.22. The summed E-state index contributed by atoms with van der Waals surface area (Å²) in [4.78, 5) is 6.76. The molecular formula is C14H20N4OS2. The summed E-state index contributed by atoms with van der Waals surface area (Å²) in [5.74, 6) is 0.570. The van der Waals surface area contributed by atoms with Gasteiger partial charge in [-0.3, -0.25) is 0 Å². The maximum absolute atomic E-state index is 6.06. The van der Waals surface area contributed by atoms with Gasteiger partial charge in [-0.15, -0.1) is 11.3 Å². The van der Waals surface area contributed by atoms with Crippen LogP contribution in [-0.4, -0.2) is 35.7 Å². The van der Waals surface area contributed by atoms with E-state index in [-0.39, 0.29) is 0 Å². The lowest BCUT2D eigenvalue weighted by Crippen LogP contribution is -2.33. The van der Waals surface area contributed by atoms with Crippen LogP contribution in [0.2, 0.25) is 0 Å². The molecule has 0 aliphatic carbocycles. The summed E-state index contributed by atoms with van der Waals surface area (Å²) in [5.41, 5.74) is 8.05. The van der Waals surface area contributed by atoms with Crippen molar-refractivity contribution in [2.75, 3.05) is 30.8 Å². The van der Waals surface area contributed by atoms with Gasteiger partial charge in [-0.2, -0.15) is 4.37 Å². The van der Waals surface area contributed by atoms with Crippen LogP contribution in [0.5, 0.6) is 0 Å². The summed E-state index contributed by atoms with van der Waals surface area (Å²) in [6.07, 6.45) is 3.86. The van der Waals surface area contributed by atoms with Gasteiger partial charge in [0.05, 0.1) is 11.7 Å². The van der Waals surface area contributed by atoms with E-state index in [1.54, 1.807) is 11.3 Å². The van der Waals surface area contributed by atoms with Crippen molar-refractivity contribution in [3.63, 3.8) is 0 Å². The second kappa shape index (κ2) is 6.29. The van der Waals surface area contributed by atoms with Crippen molar-refractivity contribution in [1.82, 2.24) is 9.36 Å². The molecular weight excluding hydrogens is 304 g/mol. The normalized spacial score (nSPS) is 18.9. The van der Waals surface area contributed by atoms with Crippen LogP contribution >= 0.6 is 22.9 Å². The van der Waals surface area contributed by atoms with Crippen LogP contribution in [0.25, 0.3) is 10.6 Å². The zero-order valence-electron chi connectivity index (χ0n) is 12.3. The van der Waals surface area contributed by atoms with Crippen LogP contribution in [0.4, 0.5) is 10.8 Å².